The van der Waals surface area contributed by atoms with Gasteiger partial charge in [-0.1, -0.05) is 6.42 Å². The van der Waals surface area contributed by atoms with E-state index in [1.165, 1.54) is 4.90 Å². The van der Waals surface area contributed by atoms with Crippen molar-refractivity contribution in [1.29, 1.82) is 0 Å². The van der Waals surface area contributed by atoms with E-state index in [9.17, 15) is 9.59 Å². The van der Waals surface area contributed by atoms with Gasteiger partial charge in [0.2, 0.25) is 5.91 Å². The van der Waals surface area contributed by atoms with Crippen molar-refractivity contribution in [1.82, 2.24) is 4.90 Å². The smallest absolute Gasteiger partial charge is 0.319 e. The Morgan fingerprint density at radius 1 is 1.41 bits per heavy atom. The number of nitrogens with zero attached hydrogens (tertiary/aromatic N) is 1. The molecule has 5 heteroatoms. The highest BCUT2D eigenvalue weighted by Gasteiger charge is 2.52. The SMILES string of the molecule is CC(C)OCCN(C)C(=O)C1(C(=O)O)CCC1. The van der Waals surface area contributed by atoms with Gasteiger partial charge in [0.15, 0.2) is 0 Å². The second-order valence-electron chi connectivity index (χ2n) is 4.89. The molecule has 17 heavy (non-hydrogen) atoms. The number of carboxylic acids is 1. The van der Waals surface area contributed by atoms with Crippen LogP contribution in [-0.2, 0) is 14.3 Å². The van der Waals surface area contributed by atoms with Gasteiger partial charge in [-0.25, -0.2) is 0 Å². The molecule has 1 saturated carbocycles. The summed E-state index contributed by atoms with van der Waals surface area (Å²) < 4.78 is 5.35. The first-order valence-electron chi connectivity index (χ1n) is 6.01. The first kappa shape index (κ1) is 14.0. The number of likely N-dealkylation sites (N-methyl/N-ethyl adjacent to an activating group) is 1. The lowest BCUT2D eigenvalue weighted by Gasteiger charge is -2.38. The van der Waals surface area contributed by atoms with Gasteiger partial charge in [0.25, 0.3) is 0 Å². The summed E-state index contributed by atoms with van der Waals surface area (Å²) in [5, 5.41) is 9.14. The minimum absolute atomic E-state index is 0.121. The van der Waals surface area contributed by atoms with Crippen LogP contribution < -0.4 is 0 Å². The average molecular weight is 243 g/mol. The molecular weight excluding hydrogens is 222 g/mol. The second kappa shape index (κ2) is 5.49. The first-order valence-corrected chi connectivity index (χ1v) is 6.01. The first-order chi connectivity index (χ1) is 7.90. The lowest BCUT2D eigenvalue weighted by molar-refractivity contribution is -0.167. The molecule has 1 fully saturated rings. The summed E-state index contributed by atoms with van der Waals surface area (Å²) in [6.45, 7) is 4.72. The van der Waals surface area contributed by atoms with E-state index < -0.39 is 11.4 Å². The van der Waals surface area contributed by atoms with Crippen LogP contribution in [0.4, 0.5) is 0 Å². The van der Waals surface area contributed by atoms with Crippen LogP contribution in [0.3, 0.4) is 0 Å². The highest BCUT2D eigenvalue weighted by Crippen LogP contribution is 2.42. The number of carbonyl (C=O) groups is 2. The molecule has 1 aliphatic rings. The molecular formula is C12H21NO4. The predicted molar refractivity (Wildman–Crippen MR) is 62.6 cm³/mol. The molecule has 1 amide bonds. The molecule has 0 heterocycles. The summed E-state index contributed by atoms with van der Waals surface area (Å²) >= 11 is 0. The van der Waals surface area contributed by atoms with Crippen molar-refractivity contribution in [2.45, 2.75) is 39.2 Å². The number of carbonyl (C=O) groups excluding carboxylic acids is 1. The van der Waals surface area contributed by atoms with Gasteiger partial charge in [0, 0.05) is 13.6 Å². The summed E-state index contributed by atoms with van der Waals surface area (Å²) in [5.74, 6) is -1.28. The third-order valence-electron chi connectivity index (χ3n) is 3.25. The molecule has 0 aromatic rings. The molecule has 0 saturated heterocycles. The number of carboxylic acid groups (broad SMARTS) is 1. The summed E-state index contributed by atoms with van der Waals surface area (Å²) in [6.07, 6.45) is 1.84. The van der Waals surface area contributed by atoms with Gasteiger partial charge in [-0.15, -0.1) is 0 Å². The molecule has 0 spiro atoms. The molecule has 1 aliphatic carbocycles. The van der Waals surface area contributed by atoms with E-state index in [-0.39, 0.29) is 12.0 Å². The Bertz CT molecular complexity index is 297. The molecule has 0 unspecified atom stereocenters. The second-order valence-corrected chi connectivity index (χ2v) is 4.89. The molecule has 0 aromatic heterocycles. The number of hydrogen-bond donors (Lipinski definition) is 1. The Morgan fingerprint density at radius 2 is 2.00 bits per heavy atom. The quantitative estimate of drug-likeness (QED) is 0.710. The summed E-state index contributed by atoms with van der Waals surface area (Å²) in [7, 11) is 1.63. The fourth-order valence-electron chi connectivity index (χ4n) is 1.94. The van der Waals surface area contributed by atoms with Crippen molar-refractivity contribution in [3.8, 4) is 0 Å². The Hall–Kier alpha value is -1.10. The van der Waals surface area contributed by atoms with Crippen molar-refractivity contribution in [2.24, 2.45) is 5.41 Å². The summed E-state index contributed by atoms with van der Waals surface area (Å²) in [6, 6.07) is 0. The van der Waals surface area contributed by atoms with Crippen molar-refractivity contribution < 1.29 is 19.4 Å². The van der Waals surface area contributed by atoms with E-state index in [0.29, 0.717) is 26.0 Å². The molecule has 1 N–H and O–H groups in total. The number of hydrogen-bond acceptors (Lipinski definition) is 3. The standard InChI is InChI=1S/C12H21NO4/c1-9(2)17-8-7-13(3)10(14)12(11(15)16)5-4-6-12/h9H,4-8H2,1-3H3,(H,15,16). The number of aliphatic carboxylic acids is 1. The monoisotopic (exact) mass is 243 g/mol. The van der Waals surface area contributed by atoms with Gasteiger partial charge in [-0.05, 0) is 26.7 Å². The molecule has 0 bridgehead atoms. The number of rotatable bonds is 6. The molecule has 0 aliphatic heterocycles. The van der Waals surface area contributed by atoms with E-state index in [1.807, 2.05) is 13.8 Å². The minimum atomic E-state index is -1.16. The fourth-order valence-corrected chi connectivity index (χ4v) is 1.94. The van der Waals surface area contributed by atoms with Crippen molar-refractivity contribution >= 4 is 11.9 Å². The van der Waals surface area contributed by atoms with Crippen molar-refractivity contribution in [2.75, 3.05) is 20.2 Å². The van der Waals surface area contributed by atoms with Crippen LogP contribution in [0.1, 0.15) is 33.1 Å². The van der Waals surface area contributed by atoms with Crippen molar-refractivity contribution in [3.05, 3.63) is 0 Å². The third kappa shape index (κ3) is 2.97. The van der Waals surface area contributed by atoms with Gasteiger partial charge in [0.05, 0.1) is 12.7 Å². The van der Waals surface area contributed by atoms with Crippen LogP contribution in [-0.4, -0.2) is 48.2 Å². The van der Waals surface area contributed by atoms with E-state index in [4.69, 9.17) is 9.84 Å². The predicted octanol–water partition coefficient (Wildman–Crippen LogP) is 1.12. The maximum Gasteiger partial charge on any atom is 0.319 e. The zero-order chi connectivity index (χ0) is 13.1. The van der Waals surface area contributed by atoms with E-state index in [2.05, 4.69) is 0 Å². The Labute approximate surface area is 102 Å². The van der Waals surface area contributed by atoms with Gasteiger partial charge < -0.3 is 14.7 Å². The van der Waals surface area contributed by atoms with Crippen LogP contribution in [0.2, 0.25) is 0 Å². The number of ether oxygens (including phenoxy) is 1. The van der Waals surface area contributed by atoms with Gasteiger partial charge in [-0.3, -0.25) is 9.59 Å². The highest BCUT2D eigenvalue weighted by molar-refractivity contribution is 6.02. The lowest BCUT2D eigenvalue weighted by Crippen LogP contribution is -2.52. The Balaban J connectivity index is 2.48. The van der Waals surface area contributed by atoms with Gasteiger partial charge in [0.1, 0.15) is 5.41 Å². The van der Waals surface area contributed by atoms with Gasteiger partial charge in [-0.2, -0.15) is 0 Å². The zero-order valence-corrected chi connectivity index (χ0v) is 10.7. The average Bonchev–Trinajstić information content (AvgIpc) is 2.14. The van der Waals surface area contributed by atoms with E-state index in [0.717, 1.165) is 6.42 Å². The van der Waals surface area contributed by atoms with Crippen LogP contribution in [0.15, 0.2) is 0 Å². The highest BCUT2D eigenvalue weighted by atomic mass is 16.5. The number of amides is 1. The molecule has 0 radical (unpaired) electrons. The molecule has 5 nitrogen and oxygen atoms in total. The van der Waals surface area contributed by atoms with E-state index in [1.54, 1.807) is 7.05 Å². The summed E-state index contributed by atoms with van der Waals surface area (Å²) in [4.78, 5) is 24.7. The Kier molecular flexibility index (Phi) is 4.51. The van der Waals surface area contributed by atoms with Gasteiger partial charge >= 0.3 is 5.97 Å². The maximum absolute atomic E-state index is 12.1. The van der Waals surface area contributed by atoms with Crippen LogP contribution >= 0.6 is 0 Å². The zero-order valence-electron chi connectivity index (χ0n) is 10.7. The normalized spacial score (nSPS) is 17.6. The largest absolute Gasteiger partial charge is 0.480 e. The van der Waals surface area contributed by atoms with Crippen LogP contribution in [0.25, 0.3) is 0 Å². The van der Waals surface area contributed by atoms with E-state index >= 15 is 0 Å². The molecule has 0 atom stereocenters. The third-order valence-corrected chi connectivity index (χ3v) is 3.25. The topological polar surface area (TPSA) is 66.8 Å². The maximum atomic E-state index is 12.1. The Morgan fingerprint density at radius 3 is 2.35 bits per heavy atom. The molecule has 98 valence electrons. The minimum Gasteiger partial charge on any atom is -0.480 e. The fraction of sp³-hybridized carbons (Fsp3) is 0.833. The molecule has 0 aromatic carbocycles. The van der Waals surface area contributed by atoms with Crippen LogP contribution in [0.5, 0.6) is 0 Å². The lowest BCUT2D eigenvalue weighted by atomic mass is 9.68. The van der Waals surface area contributed by atoms with Crippen LogP contribution in [0, 0.1) is 5.41 Å². The van der Waals surface area contributed by atoms with Crippen molar-refractivity contribution in [3.63, 3.8) is 0 Å². The molecule has 1 rings (SSSR count). The summed E-state index contributed by atoms with van der Waals surface area (Å²) in [5.41, 5.74) is -1.16.